The average Bonchev–Trinajstić information content (AvgIpc) is 2.39. The fourth-order valence-electron chi connectivity index (χ4n) is 2.70. The Morgan fingerprint density at radius 2 is 1.79 bits per heavy atom. The SMILES string of the molecule is Cl.Cl.O=C(O)[C@H]1CCCN(C(=O)[C@@H]2CCCNC2)C1. The standard InChI is InChI=1S/C12H20N2O3.2ClH/c15-11(9-3-1-5-13-7-9)14-6-2-4-10(8-14)12(16)17;;/h9-10,13H,1-8H2,(H,16,17);2*1H/t9-,10+;;/m1../s1. The van der Waals surface area contributed by atoms with Crippen LogP contribution in [0.2, 0.25) is 0 Å². The number of hydrogen-bond acceptors (Lipinski definition) is 3. The minimum absolute atomic E-state index is 0. The number of aliphatic carboxylic acids is 1. The highest BCUT2D eigenvalue weighted by Crippen LogP contribution is 2.20. The van der Waals surface area contributed by atoms with Crippen LogP contribution in [-0.4, -0.2) is 48.1 Å². The smallest absolute Gasteiger partial charge is 0.308 e. The molecule has 0 aliphatic carbocycles. The Bertz CT molecular complexity index is 309. The van der Waals surface area contributed by atoms with E-state index in [0.717, 1.165) is 38.9 Å². The molecule has 1 amide bonds. The van der Waals surface area contributed by atoms with Crippen LogP contribution in [0.4, 0.5) is 0 Å². The van der Waals surface area contributed by atoms with E-state index in [1.165, 1.54) is 0 Å². The van der Waals surface area contributed by atoms with Gasteiger partial charge >= 0.3 is 5.97 Å². The van der Waals surface area contributed by atoms with E-state index in [2.05, 4.69) is 5.32 Å². The van der Waals surface area contributed by atoms with Gasteiger partial charge in [-0.1, -0.05) is 0 Å². The average molecular weight is 313 g/mol. The summed E-state index contributed by atoms with van der Waals surface area (Å²) in [5.74, 6) is -0.951. The van der Waals surface area contributed by atoms with Gasteiger partial charge in [0.15, 0.2) is 0 Å². The van der Waals surface area contributed by atoms with Gasteiger partial charge < -0.3 is 15.3 Å². The molecule has 0 bridgehead atoms. The highest BCUT2D eigenvalue weighted by atomic mass is 35.5. The van der Waals surface area contributed by atoms with E-state index in [1.54, 1.807) is 4.90 Å². The summed E-state index contributed by atoms with van der Waals surface area (Å²) in [6.07, 6.45) is 3.47. The molecule has 0 aromatic carbocycles. The lowest BCUT2D eigenvalue weighted by Gasteiger charge is -2.34. The Kier molecular flexibility index (Phi) is 8.38. The van der Waals surface area contributed by atoms with Crippen molar-refractivity contribution in [2.24, 2.45) is 11.8 Å². The van der Waals surface area contributed by atoms with Crippen LogP contribution in [0.25, 0.3) is 0 Å². The van der Waals surface area contributed by atoms with Crippen LogP contribution in [0.1, 0.15) is 25.7 Å². The number of nitrogens with one attached hydrogen (secondary N) is 1. The maximum absolute atomic E-state index is 12.2. The molecular weight excluding hydrogens is 291 g/mol. The topological polar surface area (TPSA) is 69.6 Å². The maximum Gasteiger partial charge on any atom is 0.308 e. The van der Waals surface area contributed by atoms with Crippen LogP contribution >= 0.6 is 24.8 Å². The molecule has 2 heterocycles. The monoisotopic (exact) mass is 312 g/mol. The van der Waals surface area contributed by atoms with Crippen LogP contribution < -0.4 is 5.32 Å². The highest BCUT2D eigenvalue weighted by molar-refractivity contribution is 5.85. The lowest BCUT2D eigenvalue weighted by molar-refractivity contribution is -0.147. The summed E-state index contributed by atoms with van der Waals surface area (Å²) in [5.41, 5.74) is 0. The summed E-state index contributed by atoms with van der Waals surface area (Å²) in [5, 5.41) is 12.2. The molecule has 0 radical (unpaired) electrons. The summed E-state index contributed by atoms with van der Waals surface area (Å²) in [7, 11) is 0. The van der Waals surface area contributed by atoms with Crippen LogP contribution in [-0.2, 0) is 9.59 Å². The van der Waals surface area contributed by atoms with E-state index >= 15 is 0 Å². The summed E-state index contributed by atoms with van der Waals surface area (Å²) >= 11 is 0. The molecule has 2 fully saturated rings. The minimum atomic E-state index is -0.774. The summed E-state index contributed by atoms with van der Waals surface area (Å²) in [4.78, 5) is 24.9. The molecule has 0 spiro atoms. The number of halogens is 2. The zero-order valence-corrected chi connectivity index (χ0v) is 12.5. The maximum atomic E-state index is 12.2. The van der Waals surface area contributed by atoms with Crippen molar-refractivity contribution in [2.75, 3.05) is 26.2 Å². The molecule has 5 nitrogen and oxygen atoms in total. The Hall–Kier alpha value is -0.520. The first kappa shape index (κ1) is 18.5. The third-order valence-electron chi connectivity index (χ3n) is 3.73. The number of likely N-dealkylation sites (tertiary alicyclic amines) is 1. The molecule has 0 aromatic rings. The van der Waals surface area contributed by atoms with E-state index in [0.29, 0.717) is 13.0 Å². The second-order valence-electron chi connectivity index (χ2n) is 5.00. The fraction of sp³-hybridized carbons (Fsp3) is 0.833. The van der Waals surface area contributed by atoms with Gasteiger partial charge in [0, 0.05) is 19.6 Å². The molecule has 2 aliphatic rings. The number of carboxylic acid groups (broad SMARTS) is 1. The number of carbonyl (C=O) groups excluding carboxylic acids is 1. The molecule has 2 N–H and O–H groups in total. The van der Waals surface area contributed by atoms with Crippen molar-refractivity contribution >= 4 is 36.7 Å². The van der Waals surface area contributed by atoms with Crippen LogP contribution in [0.15, 0.2) is 0 Å². The van der Waals surface area contributed by atoms with Crippen LogP contribution in [0, 0.1) is 11.8 Å². The Morgan fingerprint density at radius 1 is 1.11 bits per heavy atom. The predicted molar refractivity (Wildman–Crippen MR) is 77.0 cm³/mol. The van der Waals surface area contributed by atoms with E-state index < -0.39 is 5.97 Å². The van der Waals surface area contributed by atoms with E-state index in [-0.39, 0.29) is 42.6 Å². The van der Waals surface area contributed by atoms with Crippen molar-refractivity contribution in [3.05, 3.63) is 0 Å². The molecule has 2 saturated heterocycles. The van der Waals surface area contributed by atoms with Gasteiger partial charge in [0.2, 0.25) is 5.91 Å². The first-order valence-corrected chi connectivity index (χ1v) is 6.41. The molecule has 2 aliphatic heterocycles. The molecule has 112 valence electrons. The highest BCUT2D eigenvalue weighted by Gasteiger charge is 2.32. The van der Waals surface area contributed by atoms with Gasteiger partial charge in [-0.15, -0.1) is 24.8 Å². The molecule has 0 aromatic heterocycles. The molecule has 2 rings (SSSR count). The molecule has 19 heavy (non-hydrogen) atoms. The second-order valence-corrected chi connectivity index (χ2v) is 5.00. The minimum Gasteiger partial charge on any atom is -0.481 e. The van der Waals surface area contributed by atoms with Crippen molar-refractivity contribution < 1.29 is 14.7 Å². The Labute approximate surface area is 125 Å². The van der Waals surface area contributed by atoms with Gasteiger partial charge in [0.1, 0.15) is 0 Å². The van der Waals surface area contributed by atoms with Crippen LogP contribution in [0.5, 0.6) is 0 Å². The van der Waals surface area contributed by atoms with Gasteiger partial charge in [-0.05, 0) is 32.2 Å². The number of rotatable bonds is 2. The van der Waals surface area contributed by atoms with Gasteiger partial charge in [0.25, 0.3) is 0 Å². The Balaban J connectivity index is 0.00000162. The summed E-state index contributed by atoms with van der Waals surface area (Å²) in [6.45, 7) is 2.85. The van der Waals surface area contributed by atoms with E-state index in [4.69, 9.17) is 5.11 Å². The van der Waals surface area contributed by atoms with Gasteiger partial charge in [-0.2, -0.15) is 0 Å². The van der Waals surface area contributed by atoms with Crippen molar-refractivity contribution in [3.8, 4) is 0 Å². The quantitative estimate of drug-likeness (QED) is 0.802. The van der Waals surface area contributed by atoms with E-state index in [9.17, 15) is 9.59 Å². The predicted octanol–water partition coefficient (Wildman–Crippen LogP) is 1.15. The molecule has 0 unspecified atom stereocenters. The molecule has 0 saturated carbocycles. The third kappa shape index (κ3) is 4.82. The normalized spacial score (nSPS) is 26.8. The van der Waals surface area contributed by atoms with Gasteiger partial charge in [-0.25, -0.2) is 0 Å². The largest absolute Gasteiger partial charge is 0.481 e. The van der Waals surface area contributed by atoms with E-state index in [1.807, 2.05) is 0 Å². The van der Waals surface area contributed by atoms with Crippen LogP contribution in [0.3, 0.4) is 0 Å². The first-order chi connectivity index (χ1) is 8.18. The molecule has 2 atom stereocenters. The van der Waals surface area contributed by atoms with Gasteiger partial charge in [0.05, 0.1) is 11.8 Å². The lowest BCUT2D eigenvalue weighted by atomic mass is 9.94. The fourth-order valence-corrected chi connectivity index (χ4v) is 2.70. The molecule has 7 heteroatoms. The first-order valence-electron chi connectivity index (χ1n) is 6.41. The number of carboxylic acids is 1. The zero-order valence-electron chi connectivity index (χ0n) is 10.8. The number of nitrogens with zero attached hydrogens (tertiary/aromatic N) is 1. The second kappa shape index (κ2) is 8.61. The number of piperidine rings is 2. The molecular formula is C12H22Cl2N2O3. The third-order valence-corrected chi connectivity index (χ3v) is 3.73. The summed E-state index contributed by atoms with van der Waals surface area (Å²) < 4.78 is 0. The summed E-state index contributed by atoms with van der Waals surface area (Å²) in [6, 6.07) is 0. The van der Waals surface area contributed by atoms with Gasteiger partial charge in [-0.3, -0.25) is 9.59 Å². The number of hydrogen-bond donors (Lipinski definition) is 2. The van der Waals surface area contributed by atoms with Crippen molar-refractivity contribution in [1.29, 1.82) is 0 Å². The van der Waals surface area contributed by atoms with Crippen molar-refractivity contribution in [2.45, 2.75) is 25.7 Å². The van der Waals surface area contributed by atoms with Crippen molar-refractivity contribution in [1.82, 2.24) is 10.2 Å². The number of amides is 1. The Morgan fingerprint density at radius 3 is 2.37 bits per heavy atom. The lowest BCUT2D eigenvalue weighted by Crippen LogP contribution is -2.48. The van der Waals surface area contributed by atoms with Crippen molar-refractivity contribution in [3.63, 3.8) is 0 Å². The number of carbonyl (C=O) groups is 2. The zero-order chi connectivity index (χ0) is 12.3.